The van der Waals surface area contributed by atoms with Crippen molar-refractivity contribution in [2.75, 3.05) is 0 Å². The molecule has 24 heteroatoms. The summed E-state index contributed by atoms with van der Waals surface area (Å²) in [6.07, 6.45) is -21.1. The highest BCUT2D eigenvalue weighted by atomic mass is 32.3. The number of rotatable bonds is 12. The van der Waals surface area contributed by atoms with Gasteiger partial charge in [-0.05, 0) is 6.42 Å². The lowest BCUT2D eigenvalue weighted by molar-refractivity contribution is -0.465. The van der Waals surface area contributed by atoms with E-state index in [9.17, 15) is 91.8 Å². The molecule has 36 heavy (non-hydrogen) atoms. The molecule has 0 atom stereocenters. The Bertz CT molecular complexity index is 891. The van der Waals surface area contributed by atoms with Crippen LogP contribution in [0, 0.1) is 0 Å². The molecular formula is C12H7F19O4S. The standard InChI is InChI=1S/C12H7F19O4S/c13-4(14,2-1-3-5(15,16)17)6(18,19)7(20,21)8(22,23)9(24,25)10(26,27)11(28,29)12(30,31)35-36(32,33)34/h1-3H2,(H,32,33,34). The second-order valence-corrected chi connectivity index (χ2v) is 7.67. The number of halogens is 19. The smallest absolute Gasteiger partial charge is 0.263 e. The number of alkyl halides is 19. The van der Waals surface area contributed by atoms with E-state index < -0.39 is 83.4 Å². The summed E-state index contributed by atoms with van der Waals surface area (Å²) in [7, 11) is -7.04. The molecule has 0 aromatic carbocycles. The van der Waals surface area contributed by atoms with Crippen LogP contribution in [-0.4, -0.2) is 66.7 Å². The van der Waals surface area contributed by atoms with Crippen molar-refractivity contribution in [2.24, 2.45) is 0 Å². The minimum absolute atomic E-state index is 1.60. The molecule has 0 aliphatic heterocycles. The van der Waals surface area contributed by atoms with Crippen LogP contribution in [0.2, 0.25) is 0 Å². The third-order valence-electron chi connectivity index (χ3n) is 3.96. The van der Waals surface area contributed by atoms with Crippen LogP contribution in [0.1, 0.15) is 19.3 Å². The van der Waals surface area contributed by atoms with Gasteiger partial charge in [-0.2, -0.15) is 96.0 Å². The molecule has 0 bridgehead atoms. The topological polar surface area (TPSA) is 63.6 Å². The molecule has 0 rings (SSSR count). The van der Waals surface area contributed by atoms with Gasteiger partial charge in [-0.1, -0.05) is 0 Å². The summed E-state index contributed by atoms with van der Waals surface area (Å²) in [4.78, 5) is 0. The first-order valence-corrected chi connectivity index (χ1v) is 9.30. The second kappa shape index (κ2) is 9.08. The lowest BCUT2D eigenvalue weighted by Gasteiger charge is -2.43. The Labute approximate surface area is 185 Å². The van der Waals surface area contributed by atoms with Crippen molar-refractivity contribution >= 4 is 10.4 Å². The highest BCUT2D eigenvalue weighted by Gasteiger charge is 2.95. The highest BCUT2D eigenvalue weighted by molar-refractivity contribution is 7.80. The van der Waals surface area contributed by atoms with Gasteiger partial charge in [0.1, 0.15) is 0 Å². The quantitative estimate of drug-likeness (QED) is 0.201. The SMILES string of the molecule is O=S(=O)(O)OC(F)(F)C(F)(F)C(F)(F)C(F)(F)C(F)(F)C(F)(F)C(F)(F)C(F)(F)CCCC(F)(F)F. The van der Waals surface area contributed by atoms with Gasteiger partial charge < -0.3 is 0 Å². The molecule has 0 aliphatic rings. The molecule has 0 spiro atoms. The van der Waals surface area contributed by atoms with Gasteiger partial charge in [-0.15, -0.1) is 0 Å². The molecule has 4 nitrogen and oxygen atoms in total. The lowest BCUT2D eigenvalue weighted by atomic mass is 9.87. The van der Waals surface area contributed by atoms with E-state index in [4.69, 9.17) is 4.55 Å². The normalized spacial score (nSPS) is 16.4. The Kier molecular flexibility index (Phi) is 8.71. The molecule has 0 amide bonds. The molecular weight excluding hydrogens is 601 g/mol. The average Bonchev–Trinajstić information content (AvgIpc) is 2.56. The van der Waals surface area contributed by atoms with Crippen LogP contribution in [0.3, 0.4) is 0 Å². The minimum Gasteiger partial charge on any atom is -0.263 e. The maximum Gasteiger partial charge on any atom is 0.441 e. The van der Waals surface area contributed by atoms with Gasteiger partial charge in [0.05, 0.1) is 0 Å². The molecule has 0 radical (unpaired) electrons. The van der Waals surface area contributed by atoms with Crippen molar-refractivity contribution in [2.45, 2.75) is 73.0 Å². The fourth-order valence-corrected chi connectivity index (χ4v) is 2.42. The van der Waals surface area contributed by atoms with Gasteiger partial charge in [0.25, 0.3) is 0 Å². The third-order valence-corrected chi connectivity index (χ3v) is 4.38. The number of hydrogen-bond acceptors (Lipinski definition) is 3. The zero-order valence-electron chi connectivity index (χ0n) is 15.9. The van der Waals surface area contributed by atoms with Gasteiger partial charge in [0.2, 0.25) is 0 Å². The van der Waals surface area contributed by atoms with Gasteiger partial charge in [0, 0.05) is 12.8 Å². The number of hydrogen-bond donors (Lipinski definition) is 1. The summed E-state index contributed by atoms with van der Waals surface area (Å²) < 4.78 is 279. The Balaban J connectivity index is 6.63. The predicted octanol–water partition coefficient (Wildman–Crippen LogP) is 6.58. The molecule has 0 fully saturated rings. The fourth-order valence-electron chi connectivity index (χ4n) is 2.05. The van der Waals surface area contributed by atoms with E-state index >= 15 is 0 Å². The van der Waals surface area contributed by atoms with E-state index in [0.29, 0.717) is 0 Å². The van der Waals surface area contributed by atoms with Crippen LogP contribution in [0.5, 0.6) is 0 Å². The molecule has 1 N–H and O–H groups in total. The molecule has 0 aliphatic carbocycles. The maximum absolute atomic E-state index is 13.5. The second-order valence-electron chi connectivity index (χ2n) is 6.65. The van der Waals surface area contributed by atoms with Gasteiger partial charge in [-0.25, -0.2) is 0 Å². The molecule has 0 unspecified atom stereocenters. The van der Waals surface area contributed by atoms with Crippen molar-refractivity contribution < 1.29 is 101 Å². The first-order valence-electron chi connectivity index (χ1n) is 7.93. The predicted molar refractivity (Wildman–Crippen MR) is 72.1 cm³/mol. The van der Waals surface area contributed by atoms with E-state index in [-0.39, 0.29) is 0 Å². The van der Waals surface area contributed by atoms with Crippen LogP contribution in [0.4, 0.5) is 83.4 Å². The minimum atomic E-state index is -8.90. The lowest BCUT2D eigenvalue weighted by Crippen LogP contribution is -2.75. The summed E-state index contributed by atoms with van der Waals surface area (Å²) in [5.74, 6) is -58.4. The summed E-state index contributed by atoms with van der Waals surface area (Å²) in [5, 5.41) is 0. The van der Waals surface area contributed by atoms with Crippen molar-refractivity contribution in [3.63, 3.8) is 0 Å². The molecule has 218 valence electrons. The van der Waals surface area contributed by atoms with E-state index in [0.717, 1.165) is 0 Å². The fraction of sp³-hybridized carbons (Fsp3) is 1.00. The summed E-state index contributed by atoms with van der Waals surface area (Å²) in [6, 6.07) is 0. The summed E-state index contributed by atoms with van der Waals surface area (Å²) in [6.45, 7) is 0. The molecule has 0 saturated heterocycles. The largest absolute Gasteiger partial charge is 0.441 e. The Morgan fingerprint density at radius 2 is 0.806 bits per heavy atom. The van der Waals surface area contributed by atoms with Crippen molar-refractivity contribution in [3.05, 3.63) is 0 Å². The van der Waals surface area contributed by atoms with E-state index in [2.05, 4.69) is 0 Å². The van der Waals surface area contributed by atoms with Gasteiger partial charge >= 0.3 is 64.1 Å². The Morgan fingerprint density at radius 3 is 1.11 bits per heavy atom. The van der Waals surface area contributed by atoms with Crippen LogP contribution >= 0.6 is 0 Å². The zero-order chi connectivity index (χ0) is 29.8. The van der Waals surface area contributed by atoms with Crippen LogP contribution in [0.15, 0.2) is 0 Å². The zero-order valence-corrected chi connectivity index (χ0v) is 16.7. The van der Waals surface area contributed by atoms with E-state index in [1.165, 1.54) is 0 Å². The van der Waals surface area contributed by atoms with Crippen molar-refractivity contribution in [3.8, 4) is 0 Å². The third kappa shape index (κ3) is 5.67. The summed E-state index contributed by atoms with van der Waals surface area (Å²) >= 11 is 0. The van der Waals surface area contributed by atoms with Crippen LogP contribution in [-0.2, 0) is 14.6 Å². The monoisotopic (exact) mass is 608 g/mol. The van der Waals surface area contributed by atoms with Gasteiger partial charge in [0.15, 0.2) is 0 Å². The highest BCUT2D eigenvalue weighted by Crippen LogP contribution is 2.64. The summed E-state index contributed by atoms with van der Waals surface area (Å²) in [5.41, 5.74) is 0. The van der Waals surface area contributed by atoms with E-state index in [1.54, 1.807) is 4.18 Å². The first kappa shape index (κ1) is 34.5. The van der Waals surface area contributed by atoms with E-state index in [1.807, 2.05) is 0 Å². The molecule has 0 aromatic rings. The average molecular weight is 608 g/mol. The van der Waals surface area contributed by atoms with Gasteiger partial charge in [-0.3, -0.25) is 4.55 Å². The maximum atomic E-state index is 13.5. The first-order chi connectivity index (χ1) is 15.2. The molecule has 0 aromatic heterocycles. The Morgan fingerprint density at radius 1 is 0.500 bits per heavy atom. The Hall–Kier alpha value is -1.46. The van der Waals surface area contributed by atoms with Crippen molar-refractivity contribution in [1.82, 2.24) is 0 Å². The molecule has 0 heterocycles. The molecule has 0 saturated carbocycles. The van der Waals surface area contributed by atoms with Crippen LogP contribution < -0.4 is 0 Å². The van der Waals surface area contributed by atoms with Crippen LogP contribution in [0.25, 0.3) is 0 Å². The van der Waals surface area contributed by atoms with Crippen molar-refractivity contribution in [1.29, 1.82) is 0 Å².